The number of esters is 3. The van der Waals surface area contributed by atoms with Crippen LogP contribution in [0.2, 0.25) is 0 Å². The highest BCUT2D eigenvalue weighted by Gasteiger charge is 2.47. The van der Waals surface area contributed by atoms with Gasteiger partial charge < -0.3 is 14.2 Å². The zero-order valence-electron chi connectivity index (χ0n) is 14.0. The van der Waals surface area contributed by atoms with Crippen LogP contribution < -0.4 is 0 Å². The number of carbonyl (C=O) groups excluding carboxylic acids is 3. The third-order valence-electron chi connectivity index (χ3n) is 4.01. The Morgan fingerprint density at radius 2 is 0.957 bits per heavy atom. The van der Waals surface area contributed by atoms with Crippen molar-refractivity contribution < 1.29 is 28.6 Å². The van der Waals surface area contributed by atoms with Gasteiger partial charge >= 0.3 is 17.9 Å². The molecular formula is C17H24O6. The first-order valence-corrected chi connectivity index (χ1v) is 7.12. The summed E-state index contributed by atoms with van der Waals surface area (Å²) < 4.78 is 15.7. The summed E-state index contributed by atoms with van der Waals surface area (Å²) in [6, 6.07) is 0. The zero-order valence-corrected chi connectivity index (χ0v) is 14.0. The lowest BCUT2D eigenvalue weighted by Crippen LogP contribution is -2.52. The largest absolute Gasteiger partial charge is 0.459 e. The van der Waals surface area contributed by atoms with Crippen LogP contribution >= 0.6 is 0 Å². The van der Waals surface area contributed by atoms with E-state index in [1.807, 2.05) is 0 Å². The van der Waals surface area contributed by atoms with Crippen LogP contribution in [0.1, 0.15) is 27.7 Å². The number of ether oxygens (including phenoxy) is 3. The first-order valence-electron chi connectivity index (χ1n) is 7.12. The summed E-state index contributed by atoms with van der Waals surface area (Å²) in [7, 11) is 0. The van der Waals surface area contributed by atoms with Crippen LogP contribution in [0.3, 0.4) is 0 Å². The Hall–Kier alpha value is -2.37. The molecule has 6 heteroatoms. The van der Waals surface area contributed by atoms with E-state index in [-0.39, 0.29) is 0 Å². The molecule has 0 aromatic rings. The molecule has 3 atom stereocenters. The predicted octanol–water partition coefficient (Wildman–Crippen LogP) is 2.35. The van der Waals surface area contributed by atoms with Crippen molar-refractivity contribution in [3.05, 3.63) is 38.0 Å². The molecule has 0 amide bonds. The Morgan fingerprint density at radius 1 is 0.739 bits per heavy atom. The molecule has 0 heterocycles. The lowest BCUT2D eigenvalue weighted by Gasteiger charge is -2.42. The van der Waals surface area contributed by atoms with E-state index in [0.717, 1.165) is 18.2 Å². The molecule has 128 valence electrons. The smallest absolute Gasteiger partial charge is 0.330 e. The van der Waals surface area contributed by atoms with Crippen LogP contribution in [0.5, 0.6) is 0 Å². The van der Waals surface area contributed by atoms with Crippen LogP contribution in [-0.2, 0) is 28.6 Å². The van der Waals surface area contributed by atoms with Gasteiger partial charge in [-0.05, 0) is 27.7 Å². The fourth-order valence-corrected chi connectivity index (χ4v) is 2.04. The van der Waals surface area contributed by atoms with Crippen molar-refractivity contribution in [1.29, 1.82) is 0 Å². The van der Waals surface area contributed by atoms with E-state index in [0.29, 0.717) is 0 Å². The normalized spacial score (nSPS) is 16.7. The van der Waals surface area contributed by atoms with E-state index >= 15 is 0 Å². The Morgan fingerprint density at radius 3 is 1.13 bits per heavy atom. The predicted molar refractivity (Wildman–Crippen MR) is 85.4 cm³/mol. The van der Waals surface area contributed by atoms with Crippen LogP contribution in [0.15, 0.2) is 38.0 Å². The third-order valence-corrected chi connectivity index (χ3v) is 4.01. The van der Waals surface area contributed by atoms with E-state index < -0.39 is 41.6 Å². The maximum atomic E-state index is 11.5. The van der Waals surface area contributed by atoms with Gasteiger partial charge in [0.15, 0.2) is 0 Å². The Labute approximate surface area is 136 Å². The minimum Gasteiger partial charge on any atom is -0.459 e. The van der Waals surface area contributed by atoms with Crippen molar-refractivity contribution in [1.82, 2.24) is 0 Å². The second-order valence-corrected chi connectivity index (χ2v) is 5.22. The van der Waals surface area contributed by atoms with Crippen molar-refractivity contribution in [2.75, 3.05) is 0 Å². The summed E-state index contributed by atoms with van der Waals surface area (Å²) in [5, 5.41) is 0. The van der Waals surface area contributed by atoms with Crippen molar-refractivity contribution in [3.8, 4) is 0 Å². The van der Waals surface area contributed by atoms with Gasteiger partial charge in [-0.15, -0.1) is 0 Å². The van der Waals surface area contributed by atoms with Gasteiger partial charge in [-0.2, -0.15) is 0 Å². The lowest BCUT2D eigenvalue weighted by molar-refractivity contribution is -0.184. The SMILES string of the molecule is C=CC(=O)OC(C)C(C)(C(C)OC(=O)C=C)C(C)OC(=O)C=C. The van der Waals surface area contributed by atoms with Gasteiger partial charge in [0.2, 0.25) is 0 Å². The number of hydrogen-bond donors (Lipinski definition) is 0. The Bertz CT molecular complexity index is 424. The molecule has 0 radical (unpaired) electrons. The molecule has 0 aliphatic rings. The van der Waals surface area contributed by atoms with Crippen LogP contribution in [0.4, 0.5) is 0 Å². The van der Waals surface area contributed by atoms with Crippen molar-refractivity contribution in [3.63, 3.8) is 0 Å². The highest BCUT2D eigenvalue weighted by molar-refractivity contribution is 5.82. The van der Waals surface area contributed by atoms with Crippen molar-refractivity contribution >= 4 is 17.9 Å². The summed E-state index contributed by atoms with van der Waals surface area (Å²) in [5.74, 6) is -1.89. The number of carbonyl (C=O) groups is 3. The van der Waals surface area contributed by atoms with Crippen LogP contribution in [-0.4, -0.2) is 36.2 Å². The van der Waals surface area contributed by atoms with E-state index in [1.54, 1.807) is 27.7 Å². The molecule has 0 rings (SSSR count). The molecule has 0 N–H and O–H groups in total. The number of rotatable bonds is 9. The molecule has 0 bridgehead atoms. The maximum absolute atomic E-state index is 11.5. The molecule has 0 saturated heterocycles. The molecule has 23 heavy (non-hydrogen) atoms. The molecule has 3 unspecified atom stereocenters. The molecule has 0 aliphatic heterocycles. The summed E-state index contributed by atoms with van der Waals surface area (Å²) in [4.78, 5) is 34.4. The average Bonchev–Trinajstić information content (AvgIpc) is 2.52. The summed E-state index contributed by atoms with van der Waals surface area (Å²) in [6.07, 6.45) is 0.891. The van der Waals surface area contributed by atoms with Gasteiger partial charge in [-0.25, -0.2) is 14.4 Å². The molecule has 0 aromatic heterocycles. The van der Waals surface area contributed by atoms with E-state index in [1.165, 1.54) is 0 Å². The monoisotopic (exact) mass is 324 g/mol. The van der Waals surface area contributed by atoms with Gasteiger partial charge in [0.25, 0.3) is 0 Å². The minimum atomic E-state index is -1.00. The minimum absolute atomic E-state index is 0.631. The second-order valence-electron chi connectivity index (χ2n) is 5.22. The molecule has 0 fully saturated rings. The summed E-state index contributed by atoms with van der Waals surface area (Å²) >= 11 is 0. The third kappa shape index (κ3) is 5.39. The van der Waals surface area contributed by atoms with E-state index in [4.69, 9.17) is 14.2 Å². The molecular weight excluding hydrogens is 300 g/mol. The standard InChI is InChI=1S/C17H24O6/c1-8-14(18)21-11(4)17(7,12(5)22-15(19)9-2)13(6)23-16(20)10-3/h8-13H,1-3H2,4-7H3. The molecule has 0 spiro atoms. The highest BCUT2D eigenvalue weighted by Crippen LogP contribution is 2.36. The van der Waals surface area contributed by atoms with Crippen LogP contribution in [0, 0.1) is 5.41 Å². The van der Waals surface area contributed by atoms with E-state index in [2.05, 4.69) is 19.7 Å². The van der Waals surface area contributed by atoms with Crippen molar-refractivity contribution in [2.24, 2.45) is 5.41 Å². The topological polar surface area (TPSA) is 78.9 Å². The van der Waals surface area contributed by atoms with Gasteiger partial charge in [0.1, 0.15) is 18.3 Å². The molecule has 6 nitrogen and oxygen atoms in total. The fourth-order valence-electron chi connectivity index (χ4n) is 2.04. The van der Waals surface area contributed by atoms with Gasteiger partial charge in [0, 0.05) is 18.2 Å². The molecule has 0 aromatic carbocycles. The summed E-state index contributed by atoms with van der Waals surface area (Å²) in [6.45, 7) is 16.6. The Balaban J connectivity index is 5.54. The lowest BCUT2D eigenvalue weighted by atomic mass is 9.75. The molecule has 0 saturated carbocycles. The van der Waals surface area contributed by atoms with Gasteiger partial charge in [-0.3, -0.25) is 0 Å². The quantitative estimate of drug-likeness (QED) is 0.368. The van der Waals surface area contributed by atoms with Gasteiger partial charge in [0.05, 0.1) is 5.41 Å². The second kappa shape index (κ2) is 8.92. The Kier molecular flexibility index (Phi) is 8.00. The van der Waals surface area contributed by atoms with Crippen molar-refractivity contribution in [2.45, 2.75) is 46.0 Å². The fraction of sp³-hybridized carbons (Fsp3) is 0.471. The average molecular weight is 324 g/mol. The van der Waals surface area contributed by atoms with Crippen LogP contribution in [0.25, 0.3) is 0 Å². The van der Waals surface area contributed by atoms with E-state index in [9.17, 15) is 14.4 Å². The zero-order chi connectivity index (χ0) is 18.2. The summed E-state index contributed by atoms with van der Waals surface area (Å²) in [5.41, 5.74) is -1.00. The first-order chi connectivity index (χ1) is 10.6. The first kappa shape index (κ1) is 20.6. The highest BCUT2D eigenvalue weighted by atomic mass is 16.6. The van der Waals surface area contributed by atoms with Gasteiger partial charge in [-0.1, -0.05) is 19.7 Å². The maximum Gasteiger partial charge on any atom is 0.330 e. The number of hydrogen-bond acceptors (Lipinski definition) is 6. The molecule has 0 aliphatic carbocycles.